The second-order valence-corrected chi connectivity index (χ2v) is 5.73. The molecule has 0 aromatic heterocycles. The molecule has 1 amide bonds. The van der Waals surface area contributed by atoms with Crippen LogP contribution in [0.5, 0.6) is 0 Å². The van der Waals surface area contributed by atoms with E-state index in [-0.39, 0.29) is 0 Å². The molecule has 1 rings (SSSR count). The average molecular weight is 316 g/mol. The Balaban J connectivity index is 2.70. The number of nitrogens with one attached hydrogen (secondary N) is 1. The van der Waals surface area contributed by atoms with Crippen LogP contribution in [0.2, 0.25) is 0 Å². The van der Waals surface area contributed by atoms with E-state index in [2.05, 4.69) is 21.2 Å². The van der Waals surface area contributed by atoms with Gasteiger partial charge in [-0.1, -0.05) is 28.1 Å². The highest BCUT2D eigenvalue weighted by Gasteiger charge is 2.27. The Morgan fingerprint density at radius 3 is 2.28 bits per heavy atom. The summed E-state index contributed by atoms with van der Waals surface area (Å²) in [7, 11) is 0. The first-order valence-corrected chi connectivity index (χ1v) is 6.48. The molecule has 18 heavy (non-hydrogen) atoms. The number of hydrogen-bond donors (Lipinski definition) is 3. The summed E-state index contributed by atoms with van der Waals surface area (Å²) < 4.78 is 0.923. The molecule has 1 aromatic rings. The molecule has 0 saturated heterocycles. The number of amides is 1. The van der Waals surface area contributed by atoms with Gasteiger partial charge in [0.1, 0.15) is 5.60 Å². The largest absolute Gasteiger partial charge is 0.386 e. The number of carbonyl (C=O) groups excluding carboxylic acids is 1. The van der Waals surface area contributed by atoms with Gasteiger partial charge in [0.25, 0.3) is 5.91 Å². The third-order valence-corrected chi connectivity index (χ3v) is 3.13. The number of halogens is 1. The van der Waals surface area contributed by atoms with Gasteiger partial charge in [0.2, 0.25) is 0 Å². The third-order valence-electron chi connectivity index (χ3n) is 2.60. The molecule has 2 atom stereocenters. The lowest BCUT2D eigenvalue weighted by atomic mass is 10.0. The van der Waals surface area contributed by atoms with Crippen LogP contribution >= 0.6 is 15.9 Å². The first-order chi connectivity index (χ1) is 8.21. The van der Waals surface area contributed by atoms with Crippen LogP contribution < -0.4 is 5.32 Å². The van der Waals surface area contributed by atoms with Crippen molar-refractivity contribution >= 4 is 21.8 Å². The maximum Gasteiger partial charge on any atom is 0.251 e. The number of benzene rings is 1. The predicted molar refractivity (Wildman–Crippen MR) is 73.0 cm³/mol. The number of hydrogen-bond acceptors (Lipinski definition) is 3. The zero-order chi connectivity index (χ0) is 13.9. The van der Waals surface area contributed by atoms with Crippen molar-refractivity contribution in [2.45, 2.75) is 38.5 Å². The van der Waals surface area contributed by atoms with E-state index >= 15 is 0 Å². The summed E-state index contributed by atoms with van der Waals surface area (Å²) in [6.07, 6.45) is -0.815. The summed E-state index contributed by atoms with van der Waals surface area (Å²) in [4.78, 5) is 11.6. The summed E-state index contributed by atoms with van der Waals surface area (Å²) in [5, 5.41) is 22.2. The summed E-state index contributed by atoms with van der Waals surface area (Å²) in [6, 6.07) is 6.72. The van der Waals surface area contributed by atoms with Crippen molar-refractivity contribution in [1.82, 2.24) is 5.32 Å². The molecular formula is C13H18BrNO3. The first-order valence-electron chi connectivity index (χ1n) is 5.68. The lowest BCUT2D eigenvalue weighted by Crippen LogP contribution is -2.47. The number of rotatable bonds is 4. The van der Waals surface area contributed by atoms with Crippen LogP contribution in [0.1, 0.15) is 32.4 Å². The molecule has 4 nitrogen and oxygen atoms in total. The van der Waals surface area contributed by atoms with E-state index in [0.717, 1.165) is 4.47 Å². The number of carbonyl (C=O) groups is 1. The van der Waals surface area contributed by atoms with Gasteiger partial charge in [-0.05, 0) is 38.5 Å². The molecule has 0 fully saturated rings. The van der Waals surface area contributed by atoms with Gasteiger partial charge in [-0.3, -0.25) is 4.79 Å². The molecule has 0 aliphatic rings. The Morgan fingerprint density at radius 2 is 1.83 bits per heavy atom. The molecule has 100 valence electrons. The molecule has 0 saturated carbocycles. The van der Waals surface area contributed by atoms with Crippen molar-refractivity contribution < 1.29 is 15.0 Å². The van der Waals surface area contributed by atoms with Crippen LogP contribution in [0.25, 0.3) is 0 Å². The van der Waals surface area contributed by atoms with E-state index in [9.17, 15) is 15.0 Å². The number of aliphatic hydroxyl groups is 2. The van der Waals surface area contributed by atoms with Gasteiger partial charge in [0.15, 0.2) is 0 Å². The zero-order valence-electron chi connectivity index (χ0n) is 10.6. The predicted octanol–water partition coefficient (Wildman–Crippen LogP) is 1.76. The monoisotopic (exact) mass is 315 g/mol. The highest BCUT2D eigenvalue weighted by Crippen LogP contribution is 2.19. The normalized spacial score (nSPS) is 15.0. The Bertz CT molecular complexity index is 411. The van der Waals surface area contributed by atoms with Crippen molar-refractivity contribution in [3.63, 3.8) is 0 Å². The van der Waals surface area contributed by atoms with Crippen LogP contribution in [0.4, 0.5) is 0 Å². The van der Waals surface area contributed by atoms with Crippen LogP contribution in [-0.2, 0) is 4.79 Å². The lowest BCUT2D eigenvalue weighted by Gasteiger charge is -2.24. The molecule has 0 radical (unpaired) electrons. The van der Waals surface area contributed by atoms with Gasteiger partial charge in [0.05, 0.1) is 12.1 Å². The van der Waals surface area contributed by atoms with Crippen molar-refractivity contribution in [3.8, 4) is 0 Å². The highest BCUT2D eigenvalue weighted by atomic mass is 79.9. The van der Waals surface area contributed by atoms with E-state index in [1.54, 1.807) is 19.1 Å². The number of aliphatic hydroxyl groups excluding tert-OH is 1. The second kappa shape index (κ2) is 5.82. The summed E-state index contributed by atoms with van der Waals surface area (Å²) in [6.45, 7) is 4.50. The molecule has 0 spiro atoms. The quantitative estimate of drug-likeness (QED) is 0.793. The molecular weight excluding hydrogens is 298 g/mol. The fourth-order valence-electron chi connectivity index (χ4n) is 1.41. The van der Waals surface area contributed by atoms with Crippen molar-refractivity contribution in [1.29, 1.82) is 0 Å². The standard InChI is InChI=1S/C13H18BrNO3/c1-8(15-12(17)13(2,3)18)11(16)9-4-6-10(14)7-5-9/h4-8,11,16,18H,1-3H3,(H,15,17)/t8-,11-/m1/s1. The smallest absolute Gasteiger partial charge is 0.251 e. The average Bonchev–Trinajstić information content (AvgIpc) is 2.27. The van der Waals surface area contributed by atoms with E-state index in [4.69, 9.17) is 0 Å². The Kier molecular flexibility index (Phi) is 4.90. The van der Waals surface area contributed by atoms with Gasteiger partial charge in [-0.15, -0.1) is 0 Å². The molecule has 0 aliphatic heterocycles. The Hall–Kier alpha value is -0.910. The minimum Gasteiger partial charge on any atom is -0.386 e. The van der Waals surface area contributed by atoms with Crippen molar-refractivity contribution in [2.24, 2.45) is 0 Å². The fraction of sp³-hybridized carbons (Fsp3) is 0.462. The van der Waals surface area contributed by atoms with Gasteiger partial charge in [-0.25, -0.2) is 0 Å². The summed E-state index contributed by atoms with van der Waals surface area (Å²) >= 11 is 3.31. The first kappa shape index (κ1) is 15.1. The maximum absolute atomic E-state index is 11.6. The van der Waals surface area contributed by atoms with Gasteiger partial charge in [0, 0.05) is 4.47 Å². The minimum absolute atomic E-state index is 0.481. The molecule has 0 heterocycles. The summed E-state index contributed by atoms with van der Waals surface area (Å²) in [5.41, 5.74) is -0.741. The van der Waals surface area contributed by atoms with Crippen molar-refractivity contribution in [2.75, 3.05) is 0 Å². The Labute approximate surface area is 115 Å². The summed E-state index contributed by atoms with van der Waals surface area (Å²) in [5.74, 6) is -0.508. The molecule has 0 unspecified atom stereocenters. The molecule has 1 aromatic carbocycles. The lowest BCUT2D eigenvalue weighted by molar-refractivity contribution is -0.137. The van der Waals surface area contributed by atoms with Gasteiger partial charge < -0.3 is 15.5 Å². The van der Waals surface area contributed by atoms with Crippen LogP contribution in [0, 0.1) is 0 Å². The van der Waals surface area contributed by atoms with E-state index in [0.29, 0.717) is 5.56 Å². The second-order valence-electron chi connectivity index (χ2n) is 4.82. The van der Waals surface area contributed by atoms with Gasteiger partial charge in [-0.2, -0.15) is 0 Å². The molecule has 5 heteroatoms. The molecule has 3 N–H and O–H groups in total. The zero-order valence-corrected chi connectivity index (χ0v) is 12.2. The van der Waals surface area contributed by atoms with Crippen molar-refractivity contribution in [3.05, 3.63) is 34.3 Å². The van der Waals surface area contributed by atoms with Crippen LogP contribution in [-0.4, -0.2) is 27.8 Å². The maximum atomic E-state index is 11.6. The highest BCUT2D eigenvalue weighted by molar-refractivity contribution is 9.10. The fourth-order valence-corrected chi connectivity index (χ4v) is 1.68. The van der Waals surface area contributed by atoms with Crippen LogP contribution in [0.15, 0.2) is 28.7 Å². The van der Waals surface area contributed by atoms with E-state index in [1.807, 2.05) is 12.1 Å². The minimum atomic E-state index is -1.45. The van der Waals surface area contributed by atoms with Crippen LogP contribution in [0.3, 0.4) is 0 Å². The van der Waals surface area contributed by atoms with E-state index < -0.39 is 23.7 Å². The SMILES string of the molecule is C[C@@H](NC(=O)C(C)(C)O)[C@@H](O)c1ccc(Br)cc1. The molecule has 0 aliphatic carbocycles. The van der Waals surface area contributed by atoms with Gasteiger partial charge >= 0.3 is 0 Å². The topological polar surface area (TPSA) is 69.6 Å². The molecule has 0 bridgehead atoms. The third kappa shape index (κ3) is 4.08. The van der Waals surface area contributed by atoms with E-state index in [1.165, 1.54) is 13.8 Å². The Morgan fingerprint density at radius 1 is 1.33 bits per heavy atom.